The van der Waals surface area contributed by atoms with E-state index in [0.717, 1.165) is 17.7 Å². The normalized spacial score (nSPS) is 10.4. The summed E-state index contributed by atoms with van der Waals surface area (Å²) in [5, 5.41) is 14.9. The monoisotopic (exact) mass is 312 g/mol. The molecule has 0 radical (unpaired) electrons. The van der Waals surface area contributed by atoms with Crippen LogP contribution in [0.15, 0.2) is 42.5 Å². The molecule has 0 aromatic heterocycles. The molecule has 3 N–H and O–H groups in total. The van der Waals surface area contributed by atoms with Gasteiger partial charge in [0.15, 0.2) is 0 Å². The summed E-state index contributed by atoms with van der Waals surface area (Å²) in [5.41, 5.74) is 5.02. The van der Waals surface area contributed by atoms with Crippen molar-refractivity contribution in [3.8, 4) is 0 Å². The number of rotatable bonds is 7. The molecule has 0 aliphatic rings. The van der Waals surface area contributed by atoms with E-state index in [1.807, 2.05) is 19.1 Å². The molecule has 0 saturated heterocycles. The first-order valence-corrected chi connectivity index (χ1v) is 7.96. The fourth-order valence-corrected chi connectivity index (χ4v) is 2.43. The van der Waals surface area contributed by atoms with Gasteiger partial charge in [-0.1, -0.05) is 37.3 Å². The molecule has 0 bridgehead atoms. The molecule has 4 heteroatoms. The lowest BCUT2D eigenvalue weighted by atomic mass is 10.1. The Morgan fingerprint density at radius 3 is 2.43 bits per heavy atom. The SMILES string of the molecule is CCc1ccc(CNc2cccc(C(=O)NCCO)c2C)cc1. The summed E-state index contributed by atoms with van der Waals surface area (Å²) in [7, 11) is 0. The van der Waals surface area contributed by atoms with Crippen LogP contribution in [-0.2, 0) is 13.0 Å². The van der Waals surface area contributed by atoms with Crippen molar-refractivity contribution in [3.05, 3.63) is 64.7 Å². The van der Waals surface area contributed by atoms with Crippen molar-refractivity contribution in [2.45, 2.75) is 26.8 Å². The van der Waals surface area contributed by atoms with E-state index in [2.05, 4.69) is 41.8 Å². The first-order chi connectivity index (χ1) is 11.2. The van der Waals surface area contributed by atoms with Crippen LogP contribution in [0.3, 0.4) is 0 Å². The van der Waals surface area contributed by atoms with E-state index in [1.54, 1.807) is 6.07 Å². The van der Waals surface area contributed by atoms with Crippen molar-refractivity contribution in [2.24, 2.45) is 0 Å². The number of carbonyl (C=O) groups is 1. The topological polar surface area (TPSA) is 61.4 Å². The Balaban J connectivity index is 2.06. The van der Waals surface area contributed by atoms with Crippen LogP contribution in [-0.4, -0.2) is 24.2 Å². The Kier molecular flexibility index (Phi) is 6.18. The molecule has 0 atom stereocenters. The number of amides is 1. The molecule has 2 aromatic carbocycles. The van der Waals surface area contributed by atoms with Gasteiger partial charge in [0, 0.05) is 24.3 Å². The summed E-state index contributed by atoms with van der Waals surface area (Å²) >= 11 is 0. The molecule has 1 amide bonds. The van der Waals surface area contributed by atoms with Gasteiger partial charge in [-0.2, -0.15) is 0 Å². The molecular formula is C19H24N2O2. The van der Waals surface area contributed by atoms with Gasteiger partial charge in [-0.05, 0) is 42.2 Å². The molecule has 2 rings (SSSR count). The second-order valence-corrected chi connectivity index (χ2v) is 5.48. The van der Waals surface area contributed by atoms with E-state index in [4.69, 9.17) is 5.11 Å². The largest absolute Gasteiger partial charge is 0.395 e. The molecule has 0 spiro atoms. The number of hydrogen-bond acceptors (Lipinski definition) is 3. The zero-order chi connectivity index (χ0) is 16.7. The van der Waals surface area contributed by atoms with Crippen molar-refractivity contribution in [3.63, 3.8) is 0 Å². The molecule has 4 nitrogen and oxygen atoms in total. The number of aryl methyl sites for hydroxylation is 1. The molecule has 0 saturated carbocycles. The Hall–Kier alpha value is -2.33. The second kappa shape index (κ2) is 8.34. The molecule has 122 valence electrons. The van der Waals surface area contributed by atoms with Crippen molar-refractivity contribution in [2.75, 3.05) is 18.5 Å². The quantitative estimate of drug-likeness (QED) is 0.737. The fraction of sp³-hybridized carbons (Fsp3) is 0.316. The minimum absolute atomic E-state index is 0.0590. The molecule has 0 heterocycles. The van der Waals surface area contributed by atoms with Crippen LogP contribution < -0.4 is 10.6 Å². The second-order valence-electron chi connectivity index (χ2n) is 5.48. The molecule has 0 fully saturated rings. The fourth-order valence-electron chi connectivity index (χ4n) is 2.43. The smallest absolute Gasteiger partial charge is 0.251 e. The number of aliphatic hydroxyl groups is 1. The number of carbonyl (C=O) groups excluding carboxylic acids is 1. The minimum Gasteiger partial charge on any atom is -0.395 e. The highest BCUT2D eigenvalue weighted by atomic mass is 16.3. The van der Waals surface area contributed by atoms with Crippen molar-refractivity contribution in [1.82, 2.24) is 5.32 Å². The van der Waals surface area contributed by atoms with Gasteiger partial charge >= 0.3 is 0 Å². The number of nitrogens with one attached hydrogen (secondary N) is 2. The third kappa shape index (κ3) is 4.57. The molecule has 0 aliphatic heterocycles. The van der Waals surface area contributed by atoms with E-state index in [9.17, 15) is 4.79 Å². The summed E-state index contributed by atoms with van der Waals surface area (Å²) in [6.45, 7) is 4.99. The minimum atomic E-state index is -0.160. The van der Waals surface area contributed by atoms with Gasteiger partial charge in [0.1, 0.15) is 0 Å². The van der Waals surface area contributed by atoms with Gasteiger partial charge in [0.25, 0.3) is 5.91 Å². The maximum Gasteiger partial charge on any atom is 0.251 e. The number of hydrogen-bond donors (Lipinski definition) is 3. The summed E-state index contributed by atoms with van der Waals surface area (Å²) in [6, 6.07) is 14.2. The van der Waals surface area contributed by atoms with Gasteiger partial charge in [0.05, 0.1) is 6.61 Å². The van der Waals surface area contributed by atoms with Crippen LogP contribution in [0.5, 0.6) is 0 Å². The Morgan fingerprint density at radius 1 is 1.09 bits per heavy atom. The molecule has 23 heavy (non-hydrogen) atoms. The van der Waals surface area contributed by atoms with Gasteiger partial charge in [-0.25, -0.2) is 0 Å². The summed E-state index contributed by atoms with van der Waals surface area (Å²) in [5.74, 6) is -0.160. The molecular weight excluding hydrogens is 288 g/mol. The van der Waals surface area contributed by atoms with E-state index < -0.39 is 0 Å². The van der Waals surface area contributed by atoms with Gasteiger partial charge < -0.3 is 15.7 Å². The highest BCUT2D eigenvalue weighted by Gasteiger charge is 2.10. The average Bonchev–Trinajstić information content (AvgIpc) is 2.59. The van der Waals surface area contributed by atoms with Gasteiger partial charge in [-0.3, -0.25) is 4.79 Å². The van der Waals surface area contributed by atoms with E-state index >= 15 is 0 Å². The van der Waals surface area contributed by atoms with Crippen LogP contribution in [0.1, 0.15) is 34.0 Å². The molecule has 0 unspecified atom stereocenters. The summed E-state index contributed by atoms with van der Waals surface area (Å²) < 4.78 is 0. The number of aliphatic hydroxyl groups excluding tert-OH is 1. The predicted octanol–water partition coefficient (Wildman–Crippen LogP) is 2.89. The van der Waals surface area contributed by atoms with Crippen molar-refractivity contribution >= 4 is 11.6 Å². The lowest BCUT2D eigenvalue weighted by Crippen LogP contribution is -2.27. The Bertz CT molecular complexity index is 651. The third-order valence-corrected chi connectivity index (χ3v) is 3.89. The first-order valence-electron chi connectivity index (χ1n) is 7.96. The maximum absolute atomic E-state index is 12.1. The van der Waals surface area contributed by atoms with Gasteiger partial charge in [-0.15, -0.1) is 0 Å². The maximum atomic E-state index is 12.1. The third-order valence-electron chi connectivity index (χ3n) is 3.89. The number of anilines is 1. The summed E-state index contributed by atoms with van der Waals surface area (Å²) in [4.78, 5) is 12.1. The van der Waals surface area contributed by atoms with Gasteiger partial charge in [0.2, 0.25) is 0 Å². The highest BCUT2D eigenvalue weighted by molar-refractivity contribution is 5.97. The standard InChI is InChI=1S/C19H24N2O2/c1-3-15-7-9-16(10-8-15)13-21-18-6-4-5-17(14(18)2)19(23)20-11-12-22/h4-10,21-22H,3,11-13H2,1-2H3,(H,20,23). The lowest BCUT2D eigenvalue weighted by molar-refractivity contribution is 0.0944. The average molecular weight is 312 g/mol. The first kappa shape index (κ1) is 17.0. The van der Waals surface area contributed by atoms with Crippen molar-refractivity contribution in [1.29, 1.82) is 0 Å². The van der Waals surface area contributed by atoms with Crippen LogP contribution >= 0.6 is 0 Å². The van der Waals surface area contributed by atoms with E-state index in [-0.39, 0.29) is 19.1 Å². The van der Waals surface area contributed by atoms with E-state index in [0.29, 0.717) is 12.1 Å². The lowest BCUT2D eigenvalue weighted by Gasteiger charge is -2.13. The Labute approximate surface area is 137 Å². The van der Waals surface area contributed by atoms with Crippen LogP contribution in [0.2, 0.25) is 0 Å². The predicted molar refractivity (Wildman–Crippen MR) is 93.7 cm³/mol. The van der Waals surface area contributed by atoms with Crippen molar-refractivity contribution < 1.29 is 9.90 Å². The molecule has 0 aliphatic carbocycles. The highest BCUT2D eigenvalue weighted by Crippen LogP contribution is 2.20. The van der Waals surface area contributed by atoms with Crippen LogP contribution in [0, 0.1) is 6.92 Å². The number of benzene rings is 2. The van der Waals surface area contributed by atoms with Crippen LogP contribution in [0.25, 0.3) is 0 Å². The molecule has 2 aromatic rings. The Morgan fingerprint density at radius 2 is 1.78 bits per heavy atom. The summed E-state index contributed by atoms with van der Waals surface area (Å²) in [6.07, 6.45) is 1.04. The van der Waals surface area contributed by atoms with E-state index in [1.165, 1.54) is 11.1 Å². The zero-order valence-corrected chi connectivity index (χ0v) is 13.7. The zero-order valence-electron chi connectivity index (χ0n) is 13.7. The van der Waals surface area contributed by atoms with Crippen LogP contribution in [0.4, 0.5) is 5.69 Å².